The topological polar surface area (TPSA) is 39.8 Å². The van der Waals surface area contributed by atoms with E-state index >= 15 is 0 Å². The lowest BCUT2D eigenvalue weighted by Gasteiger charge is -2.19. The normalized spacial score (nSPS) is 15.5. The highest BCUT2D eigenvalue weighted by Gasteiger charge is 2.27. The Labute approximate surface area is 88.5 Å². The minimum atomic E-state index is -0.444. The summed E-state index contributed by atoms with van der Waals surface area (Å²) in [5, 5.41) is 11.9. The van der Waals surface area contributed by atoms with Gasteiger partial charge in [0.25, 0.3) is 0 Å². The van der Waals surface area contributed by atoms with Gasteiger partial charge in [-0.05, 0) is 24.2 Å². The average molecular weight is 210 g/mol. The number of hydrogen-bond acceptors (Lipinski definition) is 2. The second-order valence-electron chi connectivity index (χ2n) is 4.34. The molecule has 0 aromatic carbocycles. The van der Waals surface area contributed by atoms with Crippen LogP contribution in [-0.2, 0) is 12.8 Å². The molecule has 0 radical (unpaired) electrons. The van der Waals surface area contributed by atoms with Gasteiger partial charge < -0.3 is 5.21 Å². The first-order chi connectivity index (χ1) is 7.11. The maximum atomic E-state index is 13.6. The summed E-state index contributed by atoms with van der Waals surface area (Å²) >= 11 is 0. The molecule has 0 amide bonds. The van der Waals surface area contributed by atoms with Crippen molar-refractivity contribution >= 4 is 0 Å². The van der Waals surface area contributed by atoms with Crippen molar-refractivity contribution in [1.29, 1.82) is 0 Å². The molecule has 15 heavy (non-hydrogen) atoms. The third kappa shape index (κ3) is 1.68. The van der Waals surface area contributed by atoms with Gasteiger partial charge in [-0.3, -0.25) is 0 Å². The van der Waals surface area contributed by atoms with E-state index in [1.54, 1.807) is 0 Å². The Hall–Kier alpha value is -1.19. The smallest absolute Gasteiger partial charge is 0.328 e. The molecule has 3 nitrogen and oxygen atoms in total. The number of hydrogen-bond donors (Lipinski definition) is 0. The third-order valence-corrected chi connectivity index (χ3v) is 2.87. The Morgan fingerprint density at radius 1 is 1.33 bits per heavy atom. The van der Waals surface area contributed by atoms with Crippen molar-refractivity contribution in [2.75, 3.05) is 0 Å². The summed E-state index contributed by atoms with van der Waals surface area (Å²) in [5.41, 5.74) is 1.12. The Morgan fingerprint density at radius 2 is 2.00 bits per heavy atom. The molecule has 4 heteroatoms. The lowest BCUT2D eigenvalue weighted by Crippen LogP contribution is -2.42. The Kier molecular flexibility index (Phi) is 2.59. The fourth-order valence-electron chi connectivity index (χ4n) is 2.05. The highest BCUT2D eigenvalue weighted by molar-refractivity contribution is 5.18. The zero-order valence-electron chi connectivity index (χ0n) is 9.09. The lowest BCUT2D eigenvalue weighted by molar-refractivity contribution is -0.628. The van der Waals surface area contributed by atoms with Gasteiger partial charge in [-0.1, -0.05) is 13.8 Å². The lowest BCUT2D eigenvalue weighted by atomic mass is 9.96. The molecule has 0 saturated carbocycles. The van der Waals surface area contributed by atoms with Crippen LogP contribution in [0.3, 0.4) is 0 Å². The number of nitrogens with zero attached hydrogens (tertiary/aromatic N) is 2. The van der Waals surface area contributed by atoms with Gasteiger partial charge in [0.05, 0.1) is 11.5 Å². The number of fused-ring (bicyclic) bond motifs is 1. The summed E-state index contributed by atoms with van der Waals surface area (Å²) in [7, 11) is 0. The molecule has 0 unspecified atom stereocenters. The summed E-state index contributed by atoms with van der Waals surface area (Å²) in [5.74, 6) is -0.183. The fraction of sp³-hybridized carbons (Fsp3) is 0.636. The zero-order valence-corrected chi connectivity index (χ0v) is 9.09. The quantitative estimate of drug-likeness (QED) is 0.403. The molecule has 0 saturated heterocycles. The average Bonchev–Trinajstić information content (AvgIpc) is 2.23. The first-order valence-corrected chi connectivity index (χ1v) is 5.42. The van der Waals surface area contributed by atoms with Crippen molar-refractivity contribution in [2.24, 2.45) is 0 Å². The summed E-state index contributed by atoms with van der Waals surface area (Å²) in [4.78, 5) is 3.77. The van der Waals surface area contributed by atoms with Crippen LogP contribution in [0, 0.1) is 11.2 Å². The molecule has 0 atom stereocenters. The maximum absolute atomic E-state index is 13.6. The van der Waals surface area contributed by atoms with Crippen LogP contribution in [0.2, 0.25) is 0 Å². The standard InChI is InChI=1S/C11H15FN2O/c1-7(2)11-13-10(12)8-5-3-4-6-9(8)14(11)15/h7H,3-6H2,1-2H3. The first-order valence-electron chi connectivity index (χ1n) is 5.42. The van der Waals surface area contributed by atoms with Gasteiger partial charge in [0.2, 0.25) is 0 Å². The van der Waals surface area contributed by atoms with Gasteiger partial charge in [0.15, 0.2) is 0 Å². The van der Waals surface area contributed by atoms with E-state index in [9.17, 15) is 9.60 Å². The monoisotopic (exact) mass is 210 g/mol. The Bertz CT molecular complexity index is 391. The third-order valence-electron chi connectivity index (χ3n) is 2.87. The van der Waals surface area contributed by atoms with Crippen LogP contribution in [0.1, 0.15) is 49.7 Å². The van der Waals surface area contributed by atoms with Gasteiger partial charge in [-0.2, -0.15) is 4.39 Å². The predicted octanol–water partition coefficient (Wildman–Crippen LogP) is 1.86. The number of halogens is 1. The van der Waals surface area contributed by atoms with Crippen LogP contribution >= 0.6 is 0 Å². The van der Waals surface area contributed by atoms with Gasteiger partial charge in [0, 0.05) is 6.42 Å². The molecular weight excluding hydrogens is 195 g/mol. The van der Waals surface area contributed by atoms with Crippen molar-refractivity contribution in [3.63, 3.8) is 0 Å². The van der Waals surface area contributed by atoms with E-state index in [4.69, 9.17) is 0 Å². The van der Waals surface area contributed by atoms with E-state index < -0.39 is 5.95 Å². The molecule has 82 valence electrons. The molecule has 0 N–H and O–H groups in total. The minimum Gasteiger partial charge on any atom is -0.711 e. The van der Waals surface area contributed by atoms with E-state index in [0.717, 1.165) is 17.6 Å². The molecule has 0 fully saturated rings. The van der Waals surface area contributed by atoms with Crippen LogP contribution in [-0.4, -0.2) is 4.98 Å². The first kappa shape index (κ1) is 10.3. The summed E-state index contributed by atoms with van der Waals surface area (Å²) in [6, 6.07) is 0. The highest BCUT2D eigenvalue weighted by Crippen LogP contribution is 2.21. The highest BCUT2D eigenvalue weighted by atomic mass is 19.1. The fourth-order valence-corrected chi connectivity index (χ4v) is 2.05. The molecule has 0 bridgehead atoms. The second kappa shape index (κ2) is 3.76. The van der Waals surface area contributed by atoms with Crippen molar-refractivity contribution in [3.8, 4) is 0 Å². The summed E-state index contributed by atoms with van der Waals surface area (Å²) < 4.78 is 14.4. The van der Waals surface area contributed by atoms with E-state index in [0.29, 0.717) is 29.9 Å². The molecule has 2 rings (SSSR count). The van der Waals surface area contributed by atoms with E-state index in [1.165, 1.54) is 0 Å². The van der Waals surface area contributed by atoms with Crippen LogP contribution in [0.4, 0.5) is 4.39 Å². The van der Waals surface area contributed by atoms with E-state index in [-0.39, 0.29) is 5.92 Å². The molecule has 0 aliphatic heterocycles. The van der Waals surface area contributed by atoms with Gasteiger partial charge >= 0.3 is 11.8 Å². The van der Waals surface area contributed by atoms with Crippen LogP contribution < -0.4 is 4.73 Å². The van der Waals surface area contributed by atoms with Crippen molar-refractivity contribution in [3.05, 3.63) is 28.2 Å². The van der Waals surface area contributed by atoms with Crippen LogP contribution in [0.5, 0.6) is 0 Å². The van der Waals surface area contributed by atoms with Crippen LogP contribution in [0.15, 0.2) is 0 Å². The van der Waals surface area contributed by atoms with E-state index in [2.05, 4.69) is 4.98 Å². The molecule has 1 aromatic rings. The molecule has 0 spiro atoms. The Morgan fingerprint density at radius 3 is 2.67 bits per heavy atom. The molecule has 1 aliphatic rings. The van der Waals surface area contributed by atoms with Crippen molar-refractivity contribution in [1.82, 2.24) is 4.98 Å². The number of rotatable bonds is 1. The molecular formula is C11H15FN2O. The Balaban J connectivity index is 2.59. The van der Waals surface area contributed by atoms with Crippen LogP contribution in [0.25, 0.3) is 0 Å². The predicted molar refractivity (Wildman–Crippen MR) is 53.9 cm³/mol. The van der Waals surface area contributed by atoms with Gasteiger partial charge in [-0.15, -0.1) is 0 Å². The largest absolute Gasteiger partial charge is 0.711 e. The number of aromatic nitrogens is 2. The van der Waals surface area contributed by atoms with Crippen molar-refractivity contribution in [2.45, 2.75) is 45.4 Å². The zero-order chi connectivity index (χ0) is 11.0. The van der Waals surface area contributed by atoms with Gasteiger partial charge in [0.1, 0.15) is 5.69 Å². The summed E-state index contributed by atoms with van der Waals surface area (Å²) in [6.07, 6.45) is 3.25. The minimum absolute atomic E-state index is 0.0378. The second-order valence-corrected chi connectivity index (χ2v) is 4.34. The summed E-state index contributed by atoms with van der Waals surface area (Å²) in [6.45, 7) is 3.71. The van der Waals surface area contributed by atoms with Crippen molar-refractivity contribution < 1.29 is 9.12 Å². The SMILES string of the molecule is CC(C)c1nc(F)c2c([n+]1[O-])CCCC2. The molecule has 1 aromatic heterocycles. The molecule has 1 heterocycles. The maximum Gasteiger partial charge on any atom is 0.328 e. The molecule has 1 aliphatic carbocycles. The van der Waals surface area contributed by atoms with Gasteiger partial charge in [-0.25, -0.2) is 4.73 Å². The van der Waals surface area contributed by atoms with E-state index in [1.807, 2.05) is 13.8 Å².